The standard InChI is InChI=1S/C14H18NO4.HI/c1-15(2,3)7-8-19-14(18)13-11(9-16)5-4-6-12(13)10-17;/h4-6,9-10H,7-8H2,1-3H3;1H/q+1;/p-1. The molecule has 0 unspecified atom stereocenters. The number of hydrogen-bond acceptors (Lipinski definition) is 4. The highest BCUT2D eigenvalue weighted by Crippen LogP contribution is 2.13. The molecule has 20 heavy (non-hydrogen) atoms. The van der Waals surface area contributed by atoms with Crippen LogP contribution in [0.25, 0.3) is 0 Å². The highest BCUT2D eigenvalue weighted by atomic mass is 127. The fourth-order valence-corrected chi connectivity index (χ4v) is 1.51. The molecule has 6 heteroatoms. The fourth-order valence-electron chi connectivity index (χ4n) is 1.51. The summed E-state index contributed by atoms with van der Waals surface area (Å²) >= 11 is 0. The van der Waals surface area contributed by atoms with Crippen molar-refractivity contribution in [2.75, 3.05) is 34.3 Å². The summed E-state index contributed by atoms with van der Waals surface area (Å²) in [6.45, 7) is 0.874. The van der Waals surface area contributed by atoms with Gasteiger partial charge in [0.15, 0.2) is 12.6 Å². The summed E-state index contributed by atoms with van der Waals surface area (Å²) < 4.78 is 5.77. The lowest BCUT2D eigenvalue weighted by Crippen LogP contribution is -3.00. The molecule has 5 nitrogen and oxygen atoms in total. The highest BCUT2D eigenvalue weighted by Gasteiger charge is 2.18. The van der Waals surface area contributed by atoms with Crippen molar-refractivity contribution >= 4 is 18.5 Å². The second-order valence-corrected chi connectivity index (χ2v) is 5.20. The third-order valence-electron chi connectivity index (χ3n) is 2.58. The third kappa shape index (κ3) is 5.38. The summed E-state index contributed by atoms with van der Waals surface area (Å²) in [4.78, 5) is 33.8. The van der Waals surface area contributed by atoms with Crippen molar-refractivity contribution in [3.8, 4) is 0 Å². The van der Waals surface area contributed by atoms with Crippen LogP contribution in [-0.4, -0.2) is 57.3 Å². The second kappa shape index (κ2) is 8.11. The van der Waals surface area contributed by atoms with Crippen LogP contribution < -0.4 is 24.0 Å². The van der Waals surface area contributed by atoms with Crippen LogP contribution in [0.15, 0.2) is 18.2 Å². The Hall–Kier alpha value is -1.28. The summed E-state index contributed by atoms with van der Waals surface area (Å²) in [6.07, 6.45) is 1.09. The molecule has 1 rings (SSSR count). The van der Waals surface area contributed by atoms with E-state index in [4.69, 9.17) is 4.74 Å². The van der Waals surface area contributed by atoms with Crippen molar-refractivity contribution in [2.24, 2.45) is 0 Å². The summed E-state index contributed by atoms with van der Waals surface area (Å²) in [5.41, 5.74) is 0.369. The molecule has 1 aromatic rings. The lowest BCUT2D eigenvalue weighted by Gasteiger charge is -2.23. The molecule has 0 heterocycles. The number of halogens is 1. The Morgan fingerprint density at radius 1 is 1.15 bits per heavy atom. The average Bonchev–Trinajstić information content (AvgIpc) is 2.35. The Morgan fingerprint density at radius 2 is 1.65 bits per heavy atom. The number of hydrogen-bond donors (Lipinski definition) is 0. The molecule has 0 spiro atoms. The molecule has 0 aliphatic carbocycles. The zero-order valence-electron chi connectivity index (χ0n) is 11.8. The van der Waals surface area contributed by atoms with Gasteiger partial charge in [-0.15, -0.1) is 0 Å². The molecule has 0 fully saturated rings. The van der Waals surface area contributed by atoms with Crippen LogP contribution in [0, 0.1) is 0 Å². The molecule has 0 saturated heterocycles. The maximum Gasteiger partial charge on any atom is 0.339 e. The molecule has 0 aliphatic rings. The molecule has 0 N–H and O–H groups in total. The number of carbonyl (C=O) groups is 3. The maximum absolute atomic E-state index is 11.9. The lowest BCUT2D eigenvalue weighted by molar-refractivity contribution is -0.870. The smallest absolute Gasteiger partial charge is 0.339 e. The Bertz CT molecular complexity index is 468. The number of ether oxygens (including phenoxy) is 1. The highest BCUT2D eigenvalue weighted by molar-refractivity contribution is 6.04. The normalized spacial score (nSPS) is 10.3. The average molecular weight is 391 g/mol. The molecule has 0 radical (unpaired) electrons. The summed E-state index contributed by atoms with van der Waals surface area (Å²) in [7, 11) is 5.93. The first-order valence-corrected chi connectivity index (χ1v) is 5.90. The number of esters is 1. The molecule has 0 bridgehead atoms. The maximum atomic E-state index is 11.9. The number of benzene rings is 1. The number of rotatable bonds is 6. The van der Waals surface area contributed by atoms with E-state index in [0.29, 0.717) is 23.6 Å². The van der Waals surface area contributed by atoms with E-state index in [1.807, 2.05) is 21.1 Å². The number of nitrogens with zero attached hydrogens (tertiary/aromatic N) is 1. The van der Waals surface area contributed by atoms with Gasteiger partial charge in [0.05, 0.1) is 26.7 Å². The quantitative estimate of drug-likeness (QED) is 0.248. The van der Waals surface area contributed by atoms with Gasteiger partial charge in [0.25, 0.3) is 0 Å². The number of likely N-dealkylation sites (N-methyl/N-ethyl adjacent to an activating group) is 1. The van der Waals surface area contributed by atoms with Gasteiger partial charge in [0, 0.05) is 11.1 Å². The molecule has 0 amide bonds. The number of aldehydes is 2. The summed E-state index contributed by atoms with van der Waals surface area (Å²) in [5, 5.41) is 0. The minimum atomic E-state index is -0.641. The van der Waals surface area contributed by atoms with E-state index in [2.05, 4.69) is 0 Å². The predicted molar refractivity (Wildman–Crippen MR) is 70.4 cm³/mol. The van der Waals surface area contributed by atoms with Gasteiger partial charge in [-0.2, -0.15) is 0 Å². The first-order valence-electron chi connectivity index (χ1n) is 5.90. The second-order valence-electron chi connectivity index (χ2n) is 5.20. The van der Waals surface area contributed by atoms with Gasteiger partial charge >= 0.3 is 5.97 Å². The van der Waals surface area contributed by atoms with E-state index in [1.54, 1.807) is 6.07 Å². The monoisotopic (exact) mass is 391 g/mol. The summed E-state index contributed by atoms with van der Waals surface area (Å²) in [6, 6.07) is 4.52. The Balaban J connectivity index is 0.00000361. The molecule has 0 aromatic heterocycles. The van der Waals surface area contributed by atoms with Gasteiger partial charge in [0.2, 0.25) is 0 Å². The molecule has 0 saturated carbocycles. The molecule has 0 atom stereocenters. The van der Waals surface area contributed by atoms with Crippen LogP contribution >= 0.6 is 0 Å². The largest absolute Gasteiger partial charge is 1.00 e. The Labute approximate surface area is 135 Å². The lowest BCUT2D eigenvalue weighted by atomic mass is 10.0. The van der Waals surface area contributed by atoms with Gasteiger partial charge in [0.1, 0.15) is 13.2 Å². The Morgan fingerprint density at radius 3 is 2.05 bits per heavy atom. The van der Waals surface area contributed by atoms with Crippen LogP contribution in [0.3, 0.4) is 0 Å². The first kappa shape index (κ1) is 18.7. The SMILES string of the molecule is C[N+](C)(C)CCOC(=O)c1c(C=O)cccc1C=O.[I-]. The van der Waals surface area contributed by atoms with Crippen molar-refractivity contribution in [3.05, 3.63) is 34.9 Å². The summed E-state index contributed by atoms with van der Waals surface area (Å²) in [5.74, 6) is -0.641. The van der Waals surface area contributed by atoms with Crippen LogP contribution in [0.4, 0.5) is 0 Å². The number of carbonyl (C=O) groups excluding carboxylic acids is 3. The third-order valence-corrected chi connectivity index (χ3v) is 2.58. The molecule has 0 aliphatic heterocycles. The first-order chi connectivity index (χ1) is 8.89. The minimum absolute atomic E-state index is 0. The van der Waals surface area contributed by atoms with Gasteiger partial charge in [-0.3, -0.25) is 9.59 Å². The zero-order chi connectivity index (χ0) is 14.5. The van der Waals surface area contributed by atoms with Crippen molar-refractivity contribution in [1.82, 2.24) is 0 Å². The Kier molecular flexibility index (Phi) is 7.59. The van der Waals surface area contributed by atoms with Crippen LogP contribution in [-0.2, 0) is 4.74 Å². The van der Waals surface area contributed by atoms with Crippen molar-refractivity contribution in [1.29, 1.82) is 0 Å². The van der Waals surface area contributed by atoms with E-state index in [1.165, 1.54) is 12.1 Å². The van der Waals surface area contributed by atoms with Crippen LogP contribution in [0.1, 0.15) is 31.1 Å². The van der Waals surface area contributed by atoms with E-state index in [9.17, 15) is 14.4 Å². The van der Waals surface area contributed by atoms with Gasteiger partial charge in [-0.05, 0) is 0 Å². The van der Waals surface area contributed by atoms with E-state index in [0.717, 1.165) is 0 Å². The van der Waals surface area contributed by atoms with E-state index in [-0.39, 0.29) is 47.3 Å². The van der Waals surface area contributed by atoms with Crippen LogP contribution in [0.5, 0.6) is 0 Å². The van der Waals surface area contributed by atoms with Gasteiger partial charge < -0.3 is 33.2 Å². The minimum Gasteiger partial charge on any atom is -1.00 e. The predicted octanol–water partition coefficient (Wildman–Crippen LogP) is -1.82. The van der Waals surface area contributed by atoms with Crippen molar-refractivity contribution in [2.45, 2.75) is 0 Å². The van der Waals surface area contributed by atoms with Gasteiger partial charge in [-0.1, -0.05) is 18.2 Å². The topological polar surface area (TPSA) is 60.4 Å². The van der Waals surface area contributed by atoms with E-state index >= 15 is 0 Å². The molecular formula is C14H18INO4. The molecule has 110 valence electrons. The van der Waals surface area contributed by atoms with Crippen LogP contribution in [0.2, 0.25) is 0 Å². The fraction of sp³-hybridized carbons (Fsp3) is 0.357. The molecular weight excluding hydrogens is 373 g/mol. The van der Waals surface area contributed by atoms with Crippen molar-refractivity contribution < 1.29 is 47.6 Å². The number of quaternary nitrogens is 1. The van der Waals surface area contributed by atoms with E-state index < -0.39 is 5.97 Å². The zero-order valence-corrected chi connectivity index (χ0v) is 13.9. The van der Waals surface area contributed by atoms with Crippen molar-refractivity contribution in [3.63, 3.8) is 0 Å². The molecule has 1 aromatic carbocycles. The van der Waals surface area contributed by atoms with Gasteiger partial charge in [-0.25, -0.2) is 4.79 Å².